The van der Waals surface area contributed by atoms with E-state index in [0.29, 0.717) is 18.9 Å². The molecule has 4 heterocycles. The topological polar surface area (TPSA) is 125 Å². The van der Waals surface area contributed by atoms with Gasteiger partial charge in [-0.3, -0.25) is 4.79 Å². The lowest BCUT2D eigenvalue weighted by molar-refractivity contribution is -0.00235. The van der Waals surface area contributed by atoms with Gasteiger partial charge < -0.3 is 14.7 Å². The number of aliphatic hydroxyl groups is 1. The number of imide groups is 1. The Hall–Kier alpha value is -4.30. The van der Waals surface area contributed by atoms with Gasteiger partial charge in [-0.1, -0.05) is 13.0 Å². The lowest BCUT2D eigenvalue weighted by Crippen LogP contribution is -2.51. The highest BCUT2D eigenvalue weighted by atomic mass is 19.1. The van der Waals surface area contributed by atoms with Crippen molar-refractivity contribution in [3.8, 4) is 23.0 Å². The van der Waals surface area contributed by atoms with Crippen LogP contribution in [0.25, 0.3) is 16.9 Å². The van der Waals surface area contributed by atoms with Gasteiger partial charge in [0.2, 0.25) is 0 Å². The van der Waals surface area contributed by atoms with Gasteiger partial charge in [-0.15, -0.1) is 0 Å². The first-order valence-corrected chi connectivity index (χ1v) is 13.1. The molecule has 1 saturated heterocycles. The van der Waals surface area contributed by atoms with E-state index in [1.165, 1.54) is 28.9 Å². The number of halogens is 1. The molecule has 0 bridgehead atoms. The smallest absolute Gasteiger partial charge is 0.417 e. The fraction of sp³-hybridized carbons (Fsp3) is 0.414. The van der Waals surface area contributed by atoms with Crippen molar-refractivity contribution in [3.05, 3.63) is 59.2 Å². The highest BCUT2D eigenvalue weighted by Crippen LogP contribution is 2.35. The number of β-amino-alcohol motifs (C(OH)–C–C–N with tert-alkyl or cyclic N) is 1. The minimum absolute atomic E-state index is 0.00865. The number of fused-ring (bicyclic) bond motifs is 1. The first kappa shape index (κ1) is 27.3. The number of piperidine rings is 1. The summed E-state index contributed by atoms with van der Waals surface area (Å²) in [6.07, 6.45) is 1.62. The molecule has 0 spiro atoms. The second-order valence-corrected chi connectivity index (χ2v) is 11.6. The summed E-state index contributed by atoms with van der Waals surface area (Å²) >= 11 is 0. The van der Waals surface area contributed by atoms with Crippen LogP contribution in [0.5, 0.6) is 0 Å². The maximum atomic E-state index is 15.0. The van der Waals surface area contributed by atoms with Crippen molar-refractivity contribution < 1.29 is 23.8 Å². The zero-order chi connectivity index (χ0) is 29.0. The van der Waals surface area contributed by atoms with Crippen LogP contribution < -0.4 is 4.90 Å². The summed E-state index contributed by atoms with van der Waals surface area (Å²) in [7, 11) is 0. The van der Waals surface area contributed by atoms with Crippen LogP contribution in [0, 0.1) is 23.1 Å². The lowest BCUT2D eigenvalue weighted by Gasteiger charge is -2.41. The molecule has 2 amide bonds. The first-order valence-electron chi connectivity index (χ1n) is 13.1. The number of hydrogen-bond donors (Lipinski definition) is 1. The van der Waals surface area contributed by atoms with Gasteiger partial charge in [0.1, 0.15) is 11.4 Å². The van der Waals surface area contributed by atoms with E-state index in [2.05, 4.69) is 4.98 Å². The molecule has 3 aromatic rings. The number of anilines is 1. The molecule has 2 aliphatic heterocycles. The van der Waals surface area contributed by atoms with Crippen molar-refractivity contribution in [2.75, 3.05) is 18.0 Å². The van der Waals surface area contributed by atoms with E-state index < -0.39 is 29.0 Å². The van der Waals surface area contributed by atoms with E-state index in [0.717, 1.165) is 11.3 Å². The van der Waals surface area contributed by atoms with Crippen molar-refractivity contribution in [2.45, 2.75) is 58.8 Å². The molecule has 2 aliphatic rings. The fourth-order valence-electron chi connectivity index (χ4n) is 5.03. The van der Waals surface area contributed by atoms with Gasteiger partial charge in [0.25, 0.3) is 5.91 Å². The quantitative estimate of drug-likeness (QED) is 0.512. The van der Waals surface area contributed by atoms with E-state index in [4.69, 9.17) is 9.84 Å². The molecule has 11 heteroatoms. The van der Waals surface area contributed by atoms with Crippen LogP contribution in [0.2, 0.25) is 0 Å². The summed E-state index contributed by atoms with van der Waals surface area (Å²) in [5, 5.41) is 25.2. The second-order valence-electron chi connectivity index (χ2n) is 11.6. The van der Waals surface area contributed by atoms with Crippen LogP contribution >= 0.6 is 0 Å². The largest absolute Gasteiger partial charge is 0.443 e. The van der Waals surface area contributed by atoms with Gasteiger partial charge in [0.15, 0.2) is 5.82 Å². The first-order chi connectivity index (χ1) is 18.8. The summed E-state index contributed by atoms with van der Waals surface area (Å²) in [5.41, 5.74) is -0.855. The van der Waals surface area contributed by atoms with Crippen molar-refractivity contribution >= 4 is 17.8 Å². The molecule has 0 radical (unpaired) electrons. The molecule has 1 N–H and O–H groups in total. The van der Waals surface area contributed by atoms with Gasteiger partial charge in [0.05, 0.1) is 52.0 Å². The van der Waals surface area contributed by atoms with Gasteiger partial charge >= 0.3 is 6.09 Å². The van der Waals surface area contributed by atoms with Crippen LogP contribution in [0.3, 0.4) is 0 Å². The summed E-state index contributed by atoms with van der Waals surface area (Å²) in [4.78, 5) is 33.9. The molecule has 40 heavy (non-hydrogen) atoms. The van der Waals surface area contributed by atoms with Crippen LogP contribution in [0.15, 0.2) is 36.5 Å². The number of hydrogen-bond acceptors (Lipinski definition) is 8. The number of ether oxygens (including phenoxy) is 1. The van der Waals surface area contributed by atoms with Crippen molar-refractivity contribution in [3.63, 3.8) is 0 Å². The third kappa shape index (κ3) is 4.91. The molecule has 10 nitrogen and oxygen atoms in total. The summed E-state index contributed by atoms with van der Waals surface area (Å²) in [6.45, 7) is 9.81. The van der Waals surface area contributed by atoms with E-state index >= 15 is 4.39 Å². The fourth-order valence-corrected chi connectivity index (χ4v) is 5.03. The zero-order valence-corrected chi connectivity index (χ0v) is 23.1. The van der Waals surface area contributed by atoms with E-state index in [-0.39, 0.29) is 46.2 Å². The van der Waals surface area contributed by atoms with Crippen LogP contribution in [0.4, 0.5) is 15.0 Å². The summed E-state index contributed by atoms with van der Waals surface area (Å²) < 4.78 is 21.9. The molecule has 1 aromatic carbocycles. The summed E-state index contributed by atoms with van der Waals surface area (Å²) in [6, 6.07) is 9.43. The third-order valence-corrected chi connectivity index (χ3v) is 7.40. The molecule has 0 saturated carbocycles. The molecule has 2 atom stereocenters. The SMILES string of the molecule is C[C@@H]1CCN(c2ccn(-c3cc(-c4c(F)cccc4C#N)nc4c3C(=O)N(C(=O)OC(C)(C)C)C4)n2)C[C@]1(C)O. The van der Waals surface area contributed by atoms with Crippen molar-refractivity contribution in [2.24, 2.45) is 5.92 Å². The molecule has 208 valence electrons. The van der Waals surface area contributed by atoms with E-state index in [1.807, 2.05) is 17.9 Å². The average Bonchev–Trinajstić information content (AvgIpc) is 3.49. The lowest BCUT2D eigenvalue weighted by atomic mass is 9.84. The Kier molecular flexibility index (Phi) is 6.62. The maximum absolute atomic E-state index is 15.0. The molecule has 0 aliphatic carbocycles. The molecule has 1 fully saturated rings. The predicted octanol–water partition coefficient (Wildman–Crippen LogP) is 4.43. The van der Waals surface area contributed by atoms with Crippen LogP contribution in [0.1, 0.15) is 62.7 Å². The Labute approximate surface area is 231 Å². The van der Waals surface area contributed by atoms with Crippen LogP contribution in [-0.4, -0.2) is 61.1 Å². The Bertz CT molecular complexity index is 1550. The number of aromatic nitrogens is 3. The van der Waals surface area contributed by atoms with Gasteiger partial charge in [-0.25, -0.2) is 23.8 Å². The van der Waals surface area contributed by atoms with Gasteiger partial charge in [-0.2, -0.15) is 10.4 Å². The Morgan fingerprint density at radius 1 is 1.27 bits per heavy atom. The number of amides is 2. The van der Waals surface area contributed by atoms with Gasteiger partial charge in [0, 0.05) is 25.4 Å². The summed E-state index contributed by atoms with van der Waals surface area (Å²) in [5.74, 6) is -0.531. The standard InChI is InChI=1S/C29H31FN6O4/c1-17-9-11-34(16-29(17,5)39)23-10-12-36(33-23)22-13-20(24-18(14-31)7-6-8-19(24)30)32-21-15-35(26(37)25(21)22)27(38)40-28(2,3)4/h6-8,10,12-13,17,39H,9,11,15-16H2,1-5H3/t17-,29+/m1/s1. The van der Waals surface area contributed by atoms with Crippen LogP contribution in [-0.2, 0) is 11.3 Å². The minimum atomic E-state index is -0.893. The number of benzene rings is 1. The molecule has 2 aromatic heterocycles. The highest BCUT2D eigenvalue weighted by Gasteiger charge is 2.40. The predicted molar refractivity (Wildman–Crippen MR) is 144 cm³/mol. The number of carbonyl (C=O) groups excluding carboxylic acids is 2. The van der Waals surface area contributed by atoms with E-state index in [9.17, 15) is 20.0 Å². The van der Waals surface area contributed by atoms with E-state index in [1.54, 1.807) is 40.0 Å². The van der Waals surface area contributed by atoms with Crippen molar-refractivity contribution in [1.29, 1.82) is 5.26 Å². The Morgan fingerprint density at radius 2 is 2.02 bits per heavy atom. The highest BCUT2D eigenvalue weighted by molar-refractivity contribution is 6.08. The average molecular weight is 547 g/mol. The number of nitriles is 1. The molecular formula is C29H31FN6O4. The Morgan fingerprint density at radius 3 is 2.70 bits per heavy atom. The second kappa shape index (κ2) is 9.71. The molecule has 5 rings (SSSR count). The third-order valence-electron chi connectivity index (χ3n) is 7.40. The normalized spacial score (nSPS) is 20.9. The number of nitrogens with zero attached hydrogens (tertiary/aromatic N) is 6. The zero-order valence-electron chi connectivity index (χ0n) is 23.1. The number of rotatable bonds is 3. The molecule has 0 unspecified atom stereocenters. The maximum Gasteiger partial charge on any atom is 0.417 e. The number of carbonyl (C=O) groups is 2. The minimum Gasteiger partial charge on any atom is -0.443 e. The Balaban J connectivity index is 1.62. The van der Waals surface area contributed by atoms with Gasteiger partial charge in [-0.05, 0) is 58.2 Å². The molecular weight excluding hydrogens is 515 g/mol. The van der Waals surface area contributed by atoms with Crippen molar-refractivity contribution in [1.82, 2.24) is 19.7 Å². The monoisotopic (exact) mass is 546 g/mol. The number of pyridine rings is 1.